The van der Waals surface area contributed by atoms with E-state index in [1.165, 1.54) is 13.0 Å². The molecule has 1 atom stereocenters. The summed E-state index contributed by atoms with van der Waals surface area (Å²) < 4.78 is 7.08. The first-order valence-corrected chi connectivity index (χ1v) is 8.47. The minimum absolute atomic E-state index is 0.0722. The Labute approximate surface area is 159 Å². The second-order valence-electron chi connectivity index (χ2n) is 5.62. The molecule has 1 aromatic heterocycles. The van der Waals surface area contributed by atoms with Crippen molar-refractivity contribution in [1.29, 1.82) is 0 Å². The van der Waals surface area contributed by atoms with Gasteiger partial charge in [-0.3, -0.25) is 4.79 Å². The lowest BCUT2D eigenvalue weighted by Crippen LogP contribution is -2.21. The zero-order valence-corrected chi connectivity index (χ0v) is 15.5. The summed E-state index contributed by atoms with van der Waals surface area (Å²) >= 11 is 11.9. The summed E-state index contributed by atoms with van der Waals surface area (Å²) in [4.78, 5) is 12.2. The third kappa shape index (κ3) is 3.52. The molecule has 0 unspecified atom stereocenters. The fraction of sp³-hybridized carbons (Fsp3) is 0.167. The van der Waals surface area contributed by atoms with Crippen LogP contribution in [0.3, 0.4) is 0 Å². The molecule has 0 aliphatic carbocycles. The van der Waals surface area contributed by atoms with Gasteiger partial charge in [-0.05, 0) is 31.2 Å². The van der Waals surface area contributed by atoms with Crippen LogP contribution in [-0.4, -0.2) is 21.7 Å². The van der Waals surface area contributed by atoms with E-state index in [4.69, 9.17) is 27.9 Å². The summed E-state index contributed by atoms with van der Waals surface area (Å²) in [5.74, 6) is -0.361. The number of benzene rings is 2. The lowest BCUT2D eigenvalue weighted by atomic mass is 10.2. The van der Waals surface area contributed by atoms with Crippen LogP contribution in [0.2, 0.25) is 10.0 Å². The number of carbonyl (C=O) groups is 1. The molecule has 0 bridgehead atoms. The molecule has 0 aliphatic heterocycles. The quantitative estimate of drug-likeness (QED) is 0.615. The van der Waals surface area contributed by atoms with Gasteiger partial charge in [0.1, 0.15) is 5.75 Å². The number of nitrogens with zero attached hydrogens (tertiary/aromatic N) is 3. The van der Waals surface area contributed by atoms with E-state index in [1.54, 1.807) is 29.8 Å². The van der Waals surface area contributed by atoms with Crippen molar-refractivity contribution in [2.45, 2.75) is 13.0 Å². The second kappa shape index (κ2) is 7.35. The highest BCUT2D eigenvalue weighted by molar-refractivity contribution is 6.35. The van der Waals surface area contributed by atoms with Crippen LogP contribution in [0.15, 0.2) is 52.7 Å². The molecule has 1 N–H and O–H groups in total. The van der Waals surface area contributed by atoms with Gasteiger partial charge in [0.05, 0.1) is 10.5 Å². The minimum Gasteiger partial charge on any atom is -0.493 e. The Morgan fingerprint density at radius 1 is 1.23 bits per heavy atom. The number of amides is 1. The lowest BCUT2D eigenvalue weighted by Gasteiger charge is -2.12. The summed E-state index contributed by atoms with van der Waals surface area (Å²) in [6.07, 6.45) is -0.908. The number of rotatable bonds is 4. The number of hydrogen-bond donors (Lipinski definition) is 1. The number of carbonyl (C=O) groups excluding carboxylic acids is 1. The molecule has 0 saturated heterocycles. The van der Waals surface area contributed by atoms with Crippen LogP contribution in [0.4, 0.5) is 5.69 Å². The van der Waals surface area contributed by atoms with E-state index in [1.807, 2.05) is 18.2 Å². The third-order valence-corrected chi connectivity index (χ3v) is 4.37. The van der Waals surface area contributed by atoms with Crippen molar-refractivity contribution in [3.63, 3.8) is 0 Å². The molecule has 6 nitrogen and oxygen atoms in total. The molecule has 0 fully saturated rings. The van der Waals surface area contributed by atoms with Gasteiger partial charge >= 0.3 is 5.91 Å². The summed E-state index contributed by atoms with van der Waals surface area (Å²) in [5.41, 5.74) is 1.01. The number of para-hydroxylation sites is 1. The number of aromatic hydroxyl groups is 1. The summed E-state index contributed by atoms with van der Waals surface area (Å²) in [6, 6.07) is 12.0. The maximum Gasteiger partial charge on any atom is 0.304 e. The molecule has 0 saturated carbocycles. The first-order chi connectivity index (χ1) is 12.4. The van der Waals surface area contributed by atoms with Crippen LogP contribution in [-0.2, 0) is 11.8 Å². The molecule has 3 rings (SSSR count). The van der Waals surface area contributed by atoms with Gasteiger partial charge in [-0.1, -0.05) is 41.4 Å². The van der Waals surface area contributed by atoms with E-state index in [-0.39, 0.29) is 11.6 Å². The molecule has 26 heavy (non-hydrogen) atoms. The zero-order valence-electron chi connectivity index (χ0n) is 14.0. The summed E-state index contributed by atoms with van der Waals surface area (Å²) in [6.45, 7) is 1.54. The molecule has 0 aliphatic rings. The normalized spacial score (nSPS) is 12.6. The largest absolute Gasteiger partial charge is 0.493 e. The molecule has 134 valence electrons. The van der Waals surface area contributed by atoms with Crippen molar-refractivity contribution >= 4 is 45.7 Å². The van der Waals surface area contributed by atoms with Crippen molar-refractivity contribution in [2.24, 2.45) is 17.3 Å². The number of azo groups is 1. The second-order valence-corrected chi connectivity index (χ2v) is 6.47. The van der Waals surface area contributed by atoms with E-state index < -0.39 is 12.0 Å². The molecule has 1 amide bonds. The monoisotopic (exact) mass is 391 g/mol. The Kier molecular flexibility index (Phi) is 5.15. The third-order valence-electron chi connectivity index (χ3n) is 3.84. The lowest BCUT2D eigenvalue weighted by molar-refractivity contribution is -0.124. The first kappa shape index (κ1) is 18.2. The fourth-order valence-corrected chi connectivity index (χ4v) is 2.90. The van der Waals surface area contributed by atoms with E-state index in [9.17, 15) is 9.90 Å². The van der Waals surface area contributed by atoms with E-state index in [0.717, 1.165) is 5.52 Å². The SMILES string of the molecule is C[C@H](Oc1ccc(Cl)cc1Cl)C(=O)N=Nc1c(O)n(C)c2ccccc12. The van der Waals surface area contributed by atoms with Crippen molar-refractivity contribution in [2.75, 3.05) is 0 Å². The Morgan fingerprint density at radius 2 is 1.96 bits per heavy atom. The topological polar surface area (TPSA) is 76.2 Å². The highest BCUT2D eigenvalue weighted by Gasteiger charge is 2.18. The van der Waals surface area contributed by atoms with Crippen LogP contribution < -0.4 is 4.74 Å². The Morgan fingerprint density at radius 3 is 2.69 bits per heavy atom. The average Bonchev–Trinajstić information content (AvgIpc) is 2.86. The number of aromatic nitrogens is 1. The van der Waals surface area contributed by atoms with E-state index in [0.29, 0.717) is 21.2 Å². The van der Waals surface area contributed by atoms with E-state index >= 15 is 0 Å². The van der Waals surface area contributed by atoms with Gasteiger partial charge in [0.25, 0.3) is 0 Å². The molecular weight excluding hydrogens is 377 g/mol. The minimum atomic E-state index is -0.908. The van der Waals surface area contributed by atoms with Crippen LogP contribution in [0.25, 0.3) is 10.9 Å². The van der Waals surface area contributed by atoms with Gasteiger partial charge in [-0.15, -0.1) is 10.2 Å². The van der Waals surface area contributed by atoms with Gasteiger partial charge in [-0.25, -0.2) is 0 Å². The van der Waals surface area contributed by atoms with Crippen molar-refractivity contribution in [3.8, 4) is 11.6 Å². The van der Waals surface area contributed by atoms with Crippen LogP contribution in [0, 0.1) is 0 Å². The Balaban J connectivity index is 1.80. The maximum absolute atomic E-state index is 12.2. The van der Waals surface area contributed by atoms with Gasteiger partial charge < -0.3 is 14.4 Å². The smallest absolute Gasteiger partial charge is 0.304 e. The Bertz CT molecular complexity index is 1010. The number of halogens is 2. The van der Waals surface area contributed by atoms with Crippen LogP contribution >= 0.6 is 23.2 Å². The van der Waals surface area contributed by atoms with Crippen LogP contribution in [0.1, 0.15) is 6.92 Å². The van der Waals surface area contributed by atoms with Crippen molar-refractivity contribution in [3.05, 3.63) is 52.5 Å². The highest BCUT2D eigenvalue weighted by Crippen LogP contribution is 2.37. The molecule has 1 heterocycles. The van der Waals surface area contributed by atoms with Gasteiger partial charge in [0.2, 0.25) is 5.88 Å². The fourth-order valence-electron chi connectivity index (χ4n) is 2.45. The number of ether oxygens (including phenoxy) is 1. The summed E-state index contributed by atoms with van der Waals surface area (Å²) in [5, 5.41) is 19.3. The predicted molar refractivity (Wildman–Crippen MR) is 101 cm³/mol. The molecule has 8 heteroatoms. The average molecular weight is 392 g/mol. The molecule has 2 aromatic carbocycles. The zero-order chi connectivity index (χ0) is 18.8. The molecule has 0 radical (unpaired) electrons. The summed E-state index contributed by atoms with van der Waals surface area (Å²) in [7, 11) is 1.70. The van der Waals surface area contributed by atoms with Crippen LogP contribution in [0.5, 0.6) is 11.6 Å². The maximum atomic E-state index is 12.2. The van der Waals surface area contributed by atoms with Gasteiger partial charge in [0.15, 0.2) is 11.8 Å². The first-order valence-electron chi connectivity index (χ1n) is 7.72. The standard InChI is InChI=1S/C18H15Cl2N3O3/c1-10(26-15-8-7-11(19)9-13(15)20)17(24)22-21-16-12-5-3-4-6-14(12)23(2)18(16)25/h3-10,25H,1-2H3/t10-/m0/s1. The molecule has 3 aromatic rings. The predicted octanol–water partition coefficient (Wildman–Crippen LogP) is 5.27. The molecule has 0 spiro atoms. The van der Waals surface area contributed by atoms with Gasteiger partial charge in [0, 0.05) is 17.5 Å². The number of hydrogen-bond acceptors (Lipinski definition) is 4. The number of fused-ring (bicyclic) bond motifs is 1. The van der Waals surface area contributed by atoms with Gasteiger partial charge in [-0.2, -0.15) is 0 Å². The van der Waals surface area contributed by atoms with Crippen molar-refractivity contribution in [1.82, 2.24) is 4.57 Å². The van der Waals surface area contributed by atoms with Crippen molar-refractivity contribution < 1.29 is 14.6 Å². The van der Waals surface area contributed by atoms with E-state index in [2.05, 4.69) is 10.2 Å². The highest BCUT2D eigenvalue weighted by atomic mass is 35.5. The number of aryl methyl sites for hydroxylation is 1. The Hall–Kier alpha value is -2.57. The molecular formula is C18H15Cl2N3O3.